The fraction of sp³-hybridized carbons (Fsp3) is 0.889. The van der Waals surface area contributed by atoms with E-state index in [1.807, 2.05) is 48.5 Å². The number of hydrogen-bond acceptors (Lipinski definition) is 5. The Balaban J connectivity index is 2.84. The predicted octanol–water partition coefficient (Wildman–Crippen LogP) is 3.27. The van der Waals surface area contributed by atoms with Crippen LogP contribution < -0.4 is 0 Å². The molecule has 7 heteroatoms. The minimum atomic E-state index is -0.559. The minimum absolute atomic E-state index is 0.0338. The molecule has 0 spiro atoms. The zero-order valence-electron chi connectivity index (χ0n) is 16.9. The molecule has 1 aliphatic heterocycles. The molecular formula is C18H34N2O5. The Hall–Kier alpha value is -1.50. The Bertz CT molecular complexity index is 467. The van der Waals surface area contributed by atoms with E-state index in [-0.39, 0.29) is 24.3 Å². The van der Waals surface area contributed by atoms with Crippen molar-refractivity contribution in [2.75, 3.05) is 26.7 Å². The van der Waals surface area contributed by atoms with E-state index in [9.17, 15) is 9.59 Å². The number of nitrogens with zero attached hydrogens (tertiary/aromatic N) is 2. The first-order chi connectivity index (χ1) is 11.3. The van der Waals surface area contributed by atoms with Crippen molar-refractivity contribution in [2.45, 2.75) is 78.2 Å². The van der Waals surface area contributed by atoms with Crippen LogP contribution in [0.25, 0.3) is 0 Å². The van der Waals surface area contributed by atoms with E-state index in [0.717, 1.165) is 0 Å². The molecule has 0 bridgehead atoms. The molecule has 0 aromatic rings. The van der Waals surface area contributed by atoms with Crippen LogP contribution in [0.2, 0.25) is 0 Å². The normalized spacial score (nSPS) is 20.2. The van der Waals surface area contributed by atoms with Gasteiger partial charge in [-0.1, -0.05) is 0 Å². The summed E-state index contributed by atoms with van der Waals surface area (Å²) < 4.78 is 16.3. The molecule has 1 aliphatic rings. The van der Waals surface area contributed by atoms with Crippen LogP contribution in [0.4, 0.5) is 9.59 Å². The van der Waals surface area contributed by atoms with Gasteiger partial charge in [0.15, 0.2) is 0 Å². The van der Waals surface area contributed by atoms with Crippen molar-refractivity contribution in [3.8, 4) is 0 Å². The van der Waals surface area contributed by atoms with E-state index >= 15 is 0 Å². The number of methoxy groups -OCH3 is 1. The van der Waals surface area contributed by atoms with Crippen LogP contribution in [0.3, 0.4) is 0 Å². The van der Waals surface area contributed by atoms with Crippen molar-refractivity contribution >= 4 is 12.2 Å². The molecule has 2 atom stereocenters. The van der Waals surface area contributed by atoms with Gasteiger partial charge in [-0.3, -0.25) is 0 Å². The second kappa shape index (κ2) is 8.25. The van der Waals surface area contributed by atoms with Crippen molar-refractivity contribution in [3.63, 3.8) is 0 Å². The van der Waals surface area contributed by atoms with E-state index in [2.05, 4.69) is 0 Å². The summed E-state index contributed by atoms with van der Waals surface area (Å²) in [5, 5.41) is 0. The number of hydrogen-bond donors (Lipinski definition) is 0. The van der Waals surface area contributed by atoms with Crippen molar-refractivity contribution in [1.29, 1.82) is 0 Å². The average Bonchev–Trinajstić information content (AvgIpc) is 2.43. The molecule has 0 saturated carbocycles. The van der Waals surface area contributed by atoms with Crippen molar-refractivity contribution in [2.24, 2.45) is 0 Å². The van der Waals surface area contributed by atoms with Crippen molar-refractivity contribution in [1.82, 2.24) is 9.80 Å². The lowest BCUT2D eigenvalue weighted by Gasteiger charge is -2.42. The first-order valence-electron chi connectivity index (χ1n) is 8.82. The van der Waals surface area contributed by atoms with Crippen LogP contribution in [0.1, 0.15) is 54.9 Å². The molecule has 0 aromatic heterocycles. The lowest BCUT2D eigenvalue weighted by atomic mass is 10.1. The van der Waals surface area contributed by atoms with Crippen molar-refractivity contribution < 1.29 is 23.8 Å². The highest BCUT2D eigenvalue weighted by molar-refractivity contribution is 5.71. The maximum atomic E-state index is 12.5. The second-order valence-electron chi connectivity index (χ2n) is 8.54. The number of carbonyl (C=O) groups is 2. The molecule has 2 amide bonds. The predicted molar refractivity (Wildman–Crippen MR) is 95.6 cm³/mol. The van der Waals surface area contributed by atoms with Crippen molar-refractivity contribution in [3.05, 3.63) is 0 Å². The highest BCUT2D eigenvalue weighted by Gasteiger charge is 2.36. The van der Waals surface area contributed by atoms with Crippen LogP contribution in [0.5, 0.6) is 0 Å². The van der Waals surface area contributed by atoms with Crippen LogP contribution in [-0.4, -0.2) is 72.1 Å². The molecule has 1 saturated heterocycles. The summed E-state index contributed by atoms with van der Waals surface area (Å²) in [6, 6.07) is -0.175. The fourth-order valence-electron chi connectivity index (χ4n) is 2.59. The smallest absolute Gasteiger partial charge is 0.410 e. The summed E-state index contributed by atoms with van der Waals surface area (Å²) in [6.45, 7) is 14.2. The van der Waals surface area contributed by atoms with E-state index < -0.39 is 11.2 Å². The van der Waals surface area contributed by atoms with E-state index in [1.165, 1.54) is 0 Å². The molecule has 0 N–H and O–H groups in total. The first kappa shape index (κ1) is 21.5. The van der Waals surface area contributed by atoms with Gasteiger partial charge in [-0.05, 0) is 54.9 Å². The SMILES string of the molecule is CO[C@H](C)C[C@H]1CN(C(=O)OC(C)(C)C)CCN1C(=O)OC(C)(C)C. The third kappa shape index (κ3) is 7.50. The molecular weight excluding hydrogens is 324 g/mol. The van der Waals surface area contributed by atoms with E-state index in [4.69, 9.17) is 14.2 Å². The lowest BCUT2D eigenvalue weighted by Crippen LogP contribution is -2.58. The van der Waals surface area contributed by atoms with E-state index in [1.54, 1.807) is 16.9 Å². The summed E-state index contributed by atoms with van der Waals surface area (Å²) in [5.74, 6) is 0. The first-order valence-corrected chi connectivity index (χ1v) is 8.82. The van der Waals surface area contributed by atoms with Crippen LogP contribution >= 0.6 is 0 Å². The molecule has 25 heavy (non-hydrogen) atoms. The number of piperazine rings is 1. The number of ether oxygens (including phenoxy) is 3. The Labute approximate surface area is 151 Å². The fourth-order valence-corrected chi connectivity index (χ4v) is 2.59. The Morgan fingerprint density at radius 1 is 1.00 bits per heavy atom. The quantitative estimate of drug-likeness (QED) is 0.774. The summed E-state index contributed by atoms with van der Waals surface area (Å²) >= 11 is 0. The minimum Gasteiger partial charge on any atom is -0.444 e. The average molecular weight is 358 g/mol. The third-order valence-corrected chi connectivity index (χ3v) is 3.77. The van der Waals surface area contributed by atoms with Crippen LogP contribution in [-0.2, 0) is 14.2 Å². The lowest BCUT2D eigenvalue weighted by molar-refractivity contribution is -0.0236. The highest BCUT2D eigenvalue weighted by atomic mass is 16.6. The largest absolute Gasteiger partial charge is 0.444 e. The molecule has 1 rings (SSSR count). The number of carbonyl (C=O) groups excluding carboxylic acids is 2. The zero-order valence-corrected chi connectivity index (χ0v) is 16.9. The third-order valence-electron chi connectivity index (χ3n) is 3.77. The van der Waals surface area contributed by atoms with Gasteiger partial charge >= 0.3 is 12.2 Å². The molecule has 0 radical (unpaired) electrons. The van der Waals surface area contributed by atoms with Gasteiger partial charge in [0.2, 0.25) is 0 Å². The highest BCUT2D eigenvalue weighted by Crippen LogP contribution is 2.21. The molecule has 0 aromatic carbocycles. The summed E-state index contributed by atoms with van der Waals surface area (Å²) in [4.78, 5) is 28.2. The maximum absolute atomic E-state index is 12.5. The standard InChI is InChI=1S/C18H34N2O5/c1-13(23-8)11-14-12-19(15(21)24-17(2,3)4)9-10-20(14)16(22)25-18(5,6)7/h13-14H,9-12H2,1-8H3/t13-,14+/m1/s1. The molecule has 7 nitrogen and oxygen atoms in total. The van der Waals surface area contributed by atoms with Gasteiger partial charge in [0.1, 0.15) is 11.2 Å². The topological polar surface area (TPSA) is 68.3 Å². The van der Waals surface area contributed by atoms with Gasteiger partial charge < -0.3 is 24.0 Å². The Kier molecular flexibility index (Phi) is 7.11. The molecule has 0 aliphatic carbocycles. The Morgan fingerprint density at radius 3 is 2.00 bits per heavy atom. The Morgan fingerprint density at radius 2 is 1.52 bits per heavy atom. The van der Waals surface area contributed by atoms with Gasteiger partial charge in [-0.25, -0.2) is 9.59 Å². The summed E-state index contributed by atoms with van der Waals surface area (Å²) in [6.07, 6.45) is -0.126. The maximum Gasteiger partial charge on any atom is 0.410 e. The molecule has 0 unspecified atom stereocenters. The van der Waals surface area contributed by atoms with Crippen LogP contribution in [0, 0.1) is 0 Å². The molecule has 146 valence electrons. The zero-order chi connectivity index (χ0) is 19.4. The van der Waals surface area contributed by atoms with Gasteiger partial charge in [-0.15, -0.1) is 0 Å². The second-order valence-corrected chi connectivity index (χ2v) is 8.54. The van der Waals surface area contributed by atoms with E-state index in [0.29, 0.717) is 26.1 Å². The number of rotatable bonds is 3. The van der Waals surface area contributed by atoms with Crippen LogP contribution in [0.15, 0.2) is 0 Å². The number of amides is 2. The molecule has 1 heterocycles. The summed E-state index contributed by atoms with van der Waals surface area (Å²) in [5.41, 5.74) is -1.11. The van der Waals surface area contributed by atoms with Gasteiger partial charge in [0.05, 0.1) is 12.1 Å². The molecule has 1 fully saturated rings. The monoisotopic (exact) mass is 358 g/mol. The van der Waals surface area contributed by atoms with Gasteiger partial charge in [0, 0.05) is 26.7 Å². The van der Waals surface area contributed by atoms with Gasteiger partial charge in [-0.2, -0.15) is 0 Å². The van der Waals surface area contributed by atoms with Gasteiger partial charge in [0.25, 0.3) is 0 Å². The summed E-state index contributed by atoms with van der Waals surface area (Å²) in [7, 11) is 1.64.